The molecule has 0 aromatic heterocycles. The minimum Gasteiger partial charge on any atom is -0.481 e. The number of aliphatic carboxylic acids is 1. The Hall–Kier alpha value is -2.37. The first-order valence-electron chi connectivity index (χ1n) is 9.35. The first kappa shape index (κ1) is 18.4. The van der Waals surface area contributed by atoms with Crippen LogP contribution in [-0.4, -0.2) is 52.3 Å². The second-order valence-electron chi connectivity index (χ2n) is 7.39. The van der Waals surface area contributed by atoms with E-state index >= 15 is 0 Å². The highest BCUT2D eigenvalue weighted by Crippen LogP contribution is 2.26. The van der Waals surface area contributed by atoms with Gasteiger partial charge in [-0.2, -0.15) is 0 Å². The van der Waals surface area contributed by atoms with Crippen molar-refractivity contribution in [1.29, 1.82) is 0 Å². The Labute approximate surface area is 153 Å². The molecule has 140 valence electrons. The van der Waals surface area contributed by atoms with E-state index in [2.05, 4.69) is 0 Å². The lowest BCUT2D eigenvalue weighted by atomic mass is 9.92. The van der Waals surface area contributed by atoms with Crippen LogP contribution < -0.4 is 0 Å². The molecule has 2 atom stereocenters. The third kappa shape index (κ3) is 4.62. The second-order valence-corrected chi connectivity index (χ2v) is 7.39. The van der Waals surface area contributed by atoms with E-state index in [0.29, 0.717) is 32.6 Å². The van der Waals surface area contributed by atoms with Gasteiger partial charge in [-0.25, -0.2) is 0 Å². The average molecular weight is 358 g/mol. The fourth-order valence-electron chi connectivity index (χ4n) is 3.98. The Balaban J connectivity index is 1.54. The van der Waals surface area contributed by atoms with Crippen molar-refractivity contribution in [3.63, 3.8) is 0 Å². The van der Waals surface area contributed by atoms with Crippen LogP contribution >= 0.6 is 0 Å². The number of hydrogen-bond donors (Lipinski definition) is 1. The molecular weight excluding hydrogens is 332 g/mol. The Morgan fingerprint density at radius 2 is 1.92 bits per heavy atom. The van der Waals surface area contributed by atoms with Crippen molar-refractivity contribution in [1.82, 2.24) is 9.80 Å². The van der Waals surface area contributed by atoms with Crippen molar-refractivity contribution >= 4 is 17.8 Å². The van der Waals surface area contributed by atoms with Gasteiger partial charge < -0.3 is 14.9 Å². The molecule has 0 saturated carbocycles. The zero-order chi connectivity index (χ0) is 18.5. The number of carbonyl (C=O) groups is 3. The van der Waals surface area contributed by atoms with Crippen LogP contribution in [0.4, 0.5) is 0 Å². The molecule has 0 radical (unpaired) electrons. The summed E-state index contributed by atoms with van der Waals surface area (Å²) >= 11 is 0. The van der Waals surface area contributed by atoms with Crippen LogP contribution in [0.3, 0.4) is 0 Å². The van der Waals surface area contributed by atoms with Crippen LogP contribution in [0.15, 0.2) is 30.3 Å². The largest absolute Gasteiger partial charge is 0.481 e. The maximum Gasteiger partial charge on any atom is 0.303 e. The van der Waals surface area contributed by atoms with Gasteiger partial charge in [-0.3, -0.25) is 14.4 Å². The van der Waals surface area contributed by atoms with Gasteiger partial charge in [0.1, 0.15) is 0 Å². The third-order valence-electron chi connectivity index (χ3n) is 5.38. The monoisotopic (exact) mass is 358 g/mol. The number of amides is 2. The summed E-state index contributed by atoms with van der Waals surface area (Å²) in [4.78, 5) is 39.5. The zero-order valence-corrected chi connectivity index (χ0v) is 15.0. The van der Waals surface area contributed by atoms with E-state index in [9.17, 15) is 14.4 Å². The van der Waals surface area contributed by atoms with Gasteiger partial charge in [0.15, 0.2) is 0 Å². The van der Waals surface area contributed by atoms with E-state index in [-0.39, 0.29) is 36.5 Å². The molecule has 2 heterocycles. The molecule has 0 aliphatic carbocycles. The lowest BCUT2D eigenvalue weighted by Crippen LogP contribution is -2.43. The molecule has 3 rings (SSSR count). The molecule has 2 unspecified atom stereocenters. The van der Waals surface area contributed by atoms with Crippen molar-refractivity contribution in [2.45, 2.75) is 38.6 Å². The van der Waals surface area contributed by atoms with Gasteiger partial charge in [0.05, 0.1) is 5.92 Å². The molecule has 2 aliphatic heterocycles. The number of piperidine rings is 1. The highest BCUT2D eigenvalue weighted by atomic mass is 16.4. The second kappa shape index (κ2) is 8.34. The Kier molecular flexibility index (Phi) is 5.91. The Morgan fingerprint density at radius 1 is 1.15 bits per heavy atom. The van der Waals surface area contributed by atoms with Gasteiger partial charge >= 0.3 is 5.97 Å². The Bertz CT molecular complexity index is 661. The van der Waals surface area contributed by atoms with Gasteiger partial charge in [-0.05, 0) is 30.7 Å². The molecular formula is C20H26N2O4. The third-order valence-corrected chi connectivity index (χ3v) is 5.38. The standard InChI is InChI=1S/C20H26N2O4/c23-18-11-17(14-22(18)13-15-5-2-1-3-6-15)20(26)21-10-4-7-16(12-21)8-9-19(24)25/h1-3,5-6,16-17H,4,7-14H2,(H,24,25). The average Bonchev–Trinajstić information content (AvgIpc) is 3.01. The van der Waals surface area contributed by atoms with E-state index in [1.807, 2.05) is 35.2 Å². The molecule has 26 heavy (non-hydrogen) atoms. The number of carboxylic acid groups (broad SMARTS) is 1. The predicted molar refractivity (Wildman–Crippen MR) is 96.1 cm³/mol. The molecule has 1 N–H and O–H groups in total. The summed E-state index contributed by atoms with van der Waals surface area (Å²) in [6, 6.07) is 9.81. The highest BCUT2D eigenvalue weighted by Gasteiger charge is 2.37. The quantitative estimate of drug-likeness (QED) is 0.845. The number of likely N-dealkylation sites (tertiary alicyclic amines) is 2. The molecule has 0 spiro atoms. The van der Waals surface area contributed by atoms with Crippen LogP contribution in [-0.2, 0) is 20.9 Å². The van der Waals surface area contributed by atoms with Gasteiger partial charge in [0.2, 0.25) is 11.8 Å². The number of benzene rings is 1. The van der Waals surface area contributed by atoms with Crippen LogP contribution in [0.1, 0.15) is 37.7 Å². The first-order valence-corrected chi connectivity index (χ1v) is 9.35. The summed E-state index contributed by atoms with van der Waals surface area (Å²) in [6.07, 6.45) is 2.93. The minimum absolute atomic E-state index is 0.0339. The number of nitrogens with zero attached hydrogens (tertiary/aromatic N) is 2. The van der Waals surface area contributed by atoms with E-state index in [1.54, 1.807) is 4.90 Å². The fraction of sp³-hybridized carbons (Fsp3) is 0.550. The minimum atomic E-state index is -0.786. The summed E-state index contributed by atoms with van der Waals surface area (Å²) in [6.45, 7) is 2.36. The van der Waals surface area contributed by atoms with Crippen molar-refractivity contribution in [2.24, 2.45) is 11.8 Å². The van der Waals surface area contributed by atoms with Crippen LogP contribution in [0.5, 0.6) is 0 Å². The summed E-state index contributed by atoms with van der Waals surface area (Å²) < 4.78 is 0. The molecule has 2 saturated heterocycles. The topological polar surface area (TPSA) is 77.9 Å². The number of carbonyl (C=O) groups excluding carboxylic acids is 2. The number of hydrogen-bond acceptors (Lipinski definition) is 3. The van der Waals surface area contributed by atoms with Gasteiger partial charge in [0, 0.05) is 39.0 Å². The summed E-state index contributed by atoms with van der Waals surface area (Å²) in [7, 11) is 0. The predicted octanol–water partition coefficient (Wildman–Crippen LogP) is 2.14. The van der Waals surface area contributed by atoms with Crippen LogP contribution in [0, 0.1) is 11.8 Å². The molecule has 2 aliphatic rings. The van der Waals surface area contributed by atoms with Gasteiger partial charge in [-0.15, -0.1) is 0 Å². The number of carboxylic acids is 1. The Morgan fingerprint density at radius 3 is 2.65 bits per heavy atom. The summed E-state index contributed by atoms with van der Waals surface area (Å²) in [5, 5.41) is 8.85. The smallest absolute Gasteiger partial charge is 0.303 e. The molecule has 2 amide bonds. The maximum atomic E-state index is 12.9. The molecule has 1 aromatic rings. The van der Waals surface area contributed by atoms with Crippen LogP contribution in [0.25, 0.3) is 0 Å². The fourth-order valence-corrected chi connectivity index (χ4v) is 3.98. The summed E-state index contributed by atoms with van der Waals surface area (Å²) in [5.41, 5.74) is 1.07. The molecule has 0 bridgehead atoms. The first-order chi connectivity index (χ1) is 12.5. The van der Waals surface area contributed by atoms with Gasteiger partial charge in [0.25, 0.3) is 0 Å². The highest BCUT2D eigenvalue weighted by molar-refractivity contribution is 5.89. The van der Waals surface area contributed by atoms with Crippen molar-refractivity contribution in [3.8, 4) is 0 Å². The SMILES string of the molecule is O=C(O)CCC1CCCN(C(=O)C2CC(=O)N(Cc3ccccc3)C2)C1. The van der Waals surface area contributed by atoms with E-state index in [4.69, 9.17) is 5.11 Å². The zero-order valence-electron chi connectivity index (χ0n) is 15.0. The molecule has 6 nitrogen and oxygen atoms in total. The molecule has 2 fully saturated rings. The van der Waals surface area contributed by atoms with Crippen LogP contribution in [0.2, 0.25) is 0 Å². The summed E-state index contributed by atoms with van der Waals surface area (Å²) in [5.74, 6) is -0.724. The van der Waals surface area contributed by atoms with E-state index in [1.165, 1.54) is 0 Å². The van der Waals surface area contributed by atoms with Crippen molar-refractivity contribution < 1.29 is 19.5 Å². The van der Waals surface area contributed by atoms with E-state index in [0.717, 1.165) is 18.4 Å². The lowest BCUT2D eigenvalue weighted by molar-refractivity contribution is -0.138. The molecule has 6 heteroatoms. The van der Waals surface area contributed by atoms with Gasteiger partial charge in [-0.1, -0.05) is 30.3 Å². The maximum absolute atomic E-state index is 12.9. The van der Waals surface area contributed by atoms with Crippen molar-refractivity contribution in [3.05, 3.63) is 35.9 Å². The normalized spacial score (nSPS) is 23.3. The van der Waals surface area contributed by atoms with E-state index < -0.39 is 5.97 Å². The lowest BCUT2D eigenvalue weighted by Gasteiger charge is -2.34. The van der Waals surface area contributed by atoms with Crippen molar-refractivity contribution in [2.75, 3.05) is 19.6 Å². The molecule has 1 aromatic carbocycles. The number of rotatable bonds is 6.